The van der Waals surface area contributed by atoms with Crippen molar-refractivity contribution in [3.8, 4) is 0 Å². The molecule has 8 nitrogen and oxygen atoms in total. The summed E-state index contributed by atoms with van der Waals surface area (Å²) in [6.07, 6.45) is 5.77. The van der Waals surface area contributed by atoms with Crippen LogP contribution >= 0.6 is 11.6 Å². The second-order valence-electron chi connectivity index (χ2n) is 5.36. The van der Waals surface area contributed by atoms with Crippen molar-refractivity contribution in [3.05, 3.63) is 44.9 Å². The van der Waals surface area contributed by atoms with Gasteiger partial charge in [-0.15, -0.1) is 0 Å². The molecule has 3 rings (SSSR count). The maximum atomic E-state index is 10.7. The molecule has 23 heavy (non-hydrogen) atoms. The van der Waals surface area contributed by atoms with E-state index < -0.39 is 4.92 Å². The Morgan fingerprint density at radius 1 is 1.52 bits per heavy atom. The lowest BCUT2D eigenvalue weighted by atomic mass is 9.93. The minimum Gasteiger partial charge on any atom is -0.394 e. The summed E-state index contributed by atoms with van der Waals surface area (Å²) in [5.74, 6) is 0.421. The van der Waals surface area contributed by atoms with Crippen molar-refractivity contribution >= 4 is 23.1 Å². The summed E-state index contributed by atoms with van der Waals surface area (Å²) in [6.45, 7) is 0.514. The van der Waals surface area contributed by atoms with Gasteiger partial charge >= 0.3 is 0 Å². The van der Waals surface area contributed by atoms with Gasteiger partial charge in [-0.2, -0.15) is 5.10 Å². The molecule has 0 spiro atoms. The normalized spacial score (nSPS) is 16.9. The molecule has 0 bridgehead atoms. The highest BCUT2D eigenvalue weighted by Gasteiger charge is 2.25. The molecule has 1 atom stereocenters. The van der Waals surface area contributed by atoms with Crippen molar-refractivity contribution in [2.45, 2.75) is 31.8 Å². The van der Waals surface area contributed by atoms with Crippen LogP contribution < -0.4 is 5.32 Å². The molecule has 0 unspecified atom stereocenters. The Balaban J connectivity index is 1.84. The van der Waals surface area contributed by atoms with Gasteiger partial charge in [0.05, 0.1) is 35.3 Å². The Morgan fingerprint density at radius 3 is 3.04 bits per heavy atom. The molecule has 9 heteroatoms. The highest BCUT2D eigenvalue weighted by molar-refractivity contribution is 6.33. The lowest BCUT2D eigenvalue weighted by molar-refractivity contribution is -0.385. The molecule has 1 aliphatic rings. The summed E-state index contributed by atoms with van der Waals surface area (Å²) >= 11 is 6.09. The van der Waals surface area contributed by atoms with Crippen molar-refractivity contribution < 1.29 is 10.0 Å². The molecule has 1 aliphatic carbocycles. The number of aromatic nitrogens is 3. The van der Waals surface area contributed by atoms with E-state index in [0.29, 0.717) is 12.4 Å². The maximum Gasteiger partial charge on any atom is 0.289 e. The molecule has 0 amide bonds. The van der Waals surface area contributed by atoms with Crippen molar-refractivity contribution in [2.24, 2.45) is 0 Å². The smallest absolute Gasteiger partial charge is 0.289 e. The Kier molecular flexibility index (Phi) is 4.44. The third-order valence-corrected chi connectivity index (χ3v) is 4.21. The van der Waals surface area contributed by atoms with Crippen molar-refractivity contribution in [1.29, 1.82) is 0 Å². The first kappa shape index (κ1) is 15.7. The van der Waals surface area contributed by atoms with Gasteiger partial charge in [0, 0.05) is 17.3 Å². The van der Waals surface area contributed by atoms with Gasteiger partial charge in [-0.05, 0) is 19.3 Å². The Labute approximate surface area is 137 Å². The van der Waals surface area contributed by atoms with Gasteiger partial charge in [0.2, 0.25) is 0 Å². The number of fused-ring (bicyclic) bond motifs is 1. The minimum atomic E-state index is -0.527. The van der Waals surface area contributed by atoms with Gasteiger partial charge in [0.25, 0.3) is 5.69 Å². The van der Waals surface area contributed by atoms with Crippen LogP contribution in [0.4, 0.5) is 11.5 Å². The van der Waals surface area contributed by atoms with Crippen LogP contribution in [-0.4, -0.2) is 31.4 Å². The topological polar surface area (TPSA) is 106 Å². The van der Waals surface area contributed by atoms with E-state index >= 15 is 0 Å². The highest BCUT2D eigenvalue weighted by Crippen LogP contribution is 2.34. The Hall–Kier alpha value is -2.19. The van der Waals surface area contributed by atoms with Gasteiger partial charge in [0.15, 0.2) is 0 Å². The lowest BCUT2D eigenvalue weighted by Crippen LogP contribution is -2.19. The molecule has 2 aromatic heterocycles. The molecule has 0 radical (unpaired) electrons. The summed E-state index contributed by atoms with van der Waals surface area (Å²) in [6, 6.07) is 1.29. The number of hydrogen-bond donors (Lipinski definition) is 2. The van der Waals surface area contributed by atoms with Crippen molar-refractivity contribution in [2.75, 3.05) is 11.9 Å². The fourth-order valence-corrected chi connectivity index (χ4v) is 3.07. The number of pyridine rings is 1. The molecular weight excluding hydrogens is 322 g/mol. The molecular formula is C14H16ClN5O3. The third-order valence-electron chi connectivity index (χ3n) is 3.92. The first-order chi connectivity index (χ1) is 11.1. The van der Waals surface area contributed by atoms with E-state index in [1.54, 1.807) is 6.20 Å². The van der Waals surface area contributed by atoms with E-state index in [9.17, 15) is 10.1 Å². The molecule has 0 aliphatic heterocycles. The van der Waals surface area contributed by atoms with Crippen LogP contribution in [0.2, 0.25) is 5.02 Å². The van der Waals surface area contributed by atoms with Crippen LogP contribution in [0, 0.1) is 10.1 Å². The number of aliphatic hydroxyl groups is 1. The van der Waals surface area contributed by atoms with Gasteiger partial charge in [-0.1, -0.05) is 11.6 Å². The second kappa shape index (κ2) is 6.51. The molecule has 2 aromatic rings. The minimum absolute atomic E-state index is 0.00218. The van der Waals surface area contributed by atoms with Crippen LogP contribution in [0.5, 0.6) is 0 Å². The molecule has 0 saturated heterocycles. The van der Waals surface area contributed by atoms with Gasteiger partial charge < -0.3 is 10.4 Å². The van der Waals surface area contributed by atoms with Crippen molar-refractivity contribution in [1.82, 2.24) is 14.8 Å². The molecule has 122 valence electrons. The van der Waals surface area contributed by atoms with Crippen LogP contribution in [0.25, 0.3) is 0 Å². The van der Waals surface area contributed by atoms with Gasteiger partial charge in [-0.3, -0.25) is 14.8 Å². The SMILES string of the molecule is O=[N+]([O-])c1cnc(N[C@H]2CCCc3c2cnn3CCO)c(Cl)c1. The van der Waals surface area contributed by atoms with Crippen LogP contribution in [0.1, 0.15) is 30.1 Å². The average Bonchev–Trinajstić information content (AvgIpc) is 2.94. The summed E-state index contributed by atoms with van der Waals surface area (Å²) in [4.78, 5) is 14.3. The number of aliphatic hydroxyl groups excluding tert-OH is 1. The fraction of sp³-hybridized carbons (Fsp3) is 0.429. The molecule has 2 N–H and O–H groups in total. The summed E-state index contributed by atoms with van der Waals surface area (Å²) in [5, 5.41) is 27.6. The molecule has 0 aromatic carbocycles. The zero-order valence-electron chi connectivity index (χ0n) is 12.3. The number of hydrogen-bond acceptors (Lipinski definition) is 6. The zero-order valence-corrected chi connectivity index (χ0v) is 13.0. The first-order valence-corrected chi connectivity index (χ1v) is 7.70. The van der Waals surface area contributed by atoms with Gasteiger partial charge in [-0.25, -0.2) is 4.98 Å². The highest BCUT2D eigenvalue weighted by atomic mass is 35.5. The number of nitro groups is 1. The number of rotatable bonds is 5. The summed E-state index contributed by atoms with van der Waals surface area (Å²) < 4.78 is 1.81. The van der Waals surface area contributed by atoms with E-state index in [0.717, 1.165) is 30.5 Å². The fourth-order valence-electron chi connectivity index (χ4n) is 2.85. The van der Waals surface area contributed by atoms with Crippen LogP contribution in [0.15, 0.2) is 18.5 Å². The standard InChI is InChI=1S/C14H16ClN5O3/c15-11-6-9(20(22)23)7-16-14(11)18-12-2-1-3-13-10(12)8-17-19(13)4-5-21/h6-8,12,21H,1-5H2,(H,16,18)/t12-/m0/s1. The summed E-state index contributed by atoms with van der Waals surface area (Å²) in [5.41, 5.74) is 2.02. The Bertz CT molecular complexity index is 733. The van der Waals surface area contributed by atoms with E-state index in [1.807, 2.05) is 4.68 Å². The second-order valence-corrected chi connectivity index (χ2v) is 5.77. The number of anilines is 1. The van der Waals surface area contributed by atoms with Gasteiger partial charge in [0.1, 0.15) is 12.0 Å². The number of halogens is 1. The third kappa shape index (κ3) is 3.13. The quantitative estimate of drug-likeness (QED) is 0.640. The van der Waals surface area contributed by atoms with Crippen molar-refractivity contribution in [3.63, 3.8) is 0 Å². The first-order valence-electron chi connectivity index (χ1n) is 7.32. The Morgan fingerprint density at radius 2 is 2.35 bits per heavy atom. The maximum absolute atomic E-state index is 10.7. The number of nitrogens with zero attached hydrogens (tertiary/aromatic N) is 4. The lowest BCUT2D eigenvalue weighted by Gasteiger charge is -2.25. The van der Waals surface area contributed by atoms with E-state index in [4.69, 9.17) is 16.7 Å². The summed E-state index contributed by atoms with van der Waals surface area (Å²) in [7, 11) is 0. The largest absolute Gasteiger partial charge is 0.394 e. The molecule has 0 fully saturated rings. The number of nitrogens with one attached hydrogen (secondary N) is 1. The van der Waals surface area contributed by atoms with E-state index in [-0.39, 0.29) is 23.4 Å². The van der Waals surface area contributed by atoms with E-state index in [2.05, 4.69) is 15.4 Å². The zero-order chi connectivity index (χ0) is 16.4. The van der Waals surface area contributed by atoms with E-state index in [1.165, 1.54) is 12.3 Å². The average molecular weight is 338 g/mol. The predicted octanol–water partition coefficient (Wildman–Crippen LogP) is 2.32. The predicted molar refractivity (Wildman–Crippen MR) is 84.5 cm³/mol. The van der Waals surface area contributed by atoms with Crippen LogP contribution in [0.3, 0.4) is 0 Å². The molecule has 2 heterocycles. The monoisotopic (exact) mass is 337 g/mol. The molecule has 0 saturated carbocycles. The van der Waals surface area contributed by atoms with Crippen LogP contribution in [-0.2, 0) is 13.0 Å².